The molecule has 0 aliphatic carbocycles. The zero-order chi connectivity index (χ0) is 21.5. The third-order valence-corrected chi connectivity index (χ3v) is 5.43. The summed E-state index contributed by atoms with van der Waals surface area (Å²) in [5, 5.41) is 0.619. The molecule has 1 heterocycles. The Bertz CT molecular complexity index is 847. The standard InChI is InChI=1S/C23H27ClN2O4/c1-3-30-23(28)21(18-8-10-20(24)11-9-18)25-12-14-26(15-13-25)22(27)19-6-4-17(5-7-19)16-29-2/h4-11,21H,3,12-16H2,1-2H3. The molecule has 2 aromatic rings. The minimum Gasteiger partial charge on any atom is -0.465 e. The van der Waals surface area contributed by atoms with Crippen molar-refractivity contribution in [3.05, 3.63) is 70.2 Å². The van der Waals surface area contributed by atoms with Crippen molar-refractivity contribution in [2.24, 2.45) is 0 Å². The average Bonchev–Trinajstić information content (AvgIpc) is 2.76. The van der Waals surface area contributed by atoms with Crippen LogP contribution < -0.4 is 0 Å². The molecule has 0 radical (unpaired) electrons. The van der Waals surface area contributed by atoms with E-state index >= 15 is 0 Å². The van der Waals surface area contributed by atoms with Crippen LogP contribution in [0.3, 0.4) is 0 Å². The fourth-order valence-electron chi connectivity index (χ4n) is 3.64. The zero-order valence-corrected chi connectivity index (χ0v) is 18.1. The van der Waals surface area contributed by atoms with Gasteiger partial charge in [0.1, 0.15) is 6.04 Å². The third-order valence-electron chi connectivity index (χ3n) is 5.17. The van der Waals surface area contributed by atoms with Gasteiger partial charge in [-0.15, -0.1) is 0 Å². The average molecular weight is 431 g/mol. The highest BCUT2D eigenvalue weighted by Crippen LogP contribution is 2.26. The van der Waals surface area contributed by atoms with Crippen LogP contribution in [0.5, 0.6) is 0 Å². The molecule has 0 saturated carbocycles. The molecule has 7 heteroatoms. The van der Waals surface area contributed by atoms with E-state index < -0.39 is 6.04 Å². The Balaban J connectivity index is 1.67. The van der Waals surface area contributed by atoms with Gasteiger partial charge in [0.25, 0.3) is 5.91 Å². The largest absolute Gasteiger partial charge is 0.465 e. The number of carbonyl (C=O) groups is 2. The fraction of sp³-hybridized carbons (Fsp3) is 0.391. The lowest BCUT2D eigenvalue weighted by Crippen LogP contribution is -2.51. The van der Waals surface area contributed by atoms with Gasteiger partial charge in [-0.3, -0.25) is 9.69 Å². The summed E-state index contributed by atoms with van der Waals surface area (Å²) in [6, 6.07) is 14.2. The van der Waals surface area contributed by atoms with Gasteiger partial charge in [0, 0.05) is 43.9 Å². The van der Waals surface area contributed by atoms with Crippen molar-refractivity contribution >= 4 is 23.5 Å². The highest BCUT2D eigenvalue weighted by Gasteiger charge is 2.32. The van der Waals surface area contributed by atoms with Crippen molar-refractivity contribution in [3.63, 3.8) is 0 Å². The monoisotopic (exact) mass is 430 g/mol. The van der Waals surface area contributed by atoms with Crippen LogP contribution in [0.2, 0.25) is 5.02 Å². The molecule has 1 saturated heterocycles. The minimum atomic E-state index is -0.507. The number of hydrogen-bond donors (Lipinski definition) is 0. The molecule has 1 aliphatic rings. The first-order valence-electron chi connectivity index (χ1n) is 10.1. The molecule has 1 aliphatic heterocycles. The Morgan fingerprint density at radius 3 is 2.20 bits per heavy atom. The summed E-state index contributed by atoms with van der Waals surface area (Å²) in [5.41, 5.74) is 2.52. The second-order valence-electron chi connectivity index (χ2n) is 7.16. The molecular weight excluding hydrogens is 404 g/mol. The SMILES string of the molecule is CCOC(=O)C(c1ccc(Cl)cc1)N1CCN(C(=O)c2ccc(COC)cc2)CC1. The van der Waals surface area contributed by atoms with E-state index in [9.17, 15) is 9.59 Å². The number of nitrogens with zero attached hydrogens (tertiary/aromatic N) is 2. The van der Waals surface area contributed by atoms with Crippen LogP contribution in [0.4, 0.5) is 0 Å². The van der Waals surface area contributed by atoms with Crippen LogP contribution in [0.25, 0.3) is 0 Å². The number of hydrogen-bond acceptors (Lipinski definition) is 5. The predicted molar refractivity (Wildman–Crippen MR) is 115 cm³/mol. The molecule has 1 unspecified atom stereocenters. The molecule has 0 N–H and O–H groups in total. The van der Waals surface area contributed by atoms with Gasteiger partial charge in [-0.1, -0.05) is 35.9 Å². The smallest absolute Gasteiger partial charge is 0.328 e. The molecule has 1 amide bonds. The lowest BCUT2D eigenvalue weighted by molar-refractivity contribution is -0.150. The molecule has 0 aromatic heterocycles. The van der Waals surface area contributed by atoms with Gasteiger partial charge < -0.3 is 14.4 Å². The van der Waals surface area contributed by atoms with Crippen molar-refractivity contribution in [3.8, 4) is 0 Å². The van der Waals surface area contributed by atoms with Crippen LogP contribution >= 0.6 is 11.6 Å². The number of rotatable bonds is 7. The second-order valence-corrected chi connectivity index (χ2v) is 7.60. The summed E-state index contributed by atoms with van der Waals surface area (Å²) in [7, 11) is 1.64. The maximum Gasteiger partial charge on any atom is 0.328 e. The molecule has 0 bridgehead atoms. The van der Waals surface area contributed by atoms with Gasteiger partial charge in [0.05, 0.1) is 13.2 Å². The van der Waals surface area contributed by atoms with E-state index in [1.165, 1.54) is 0 Å². The Labute approximate surface area is 182 Å². The molecule has 1 fully saturated rings. The minimum absolute atomic E-state index is 0.00204. The number of esters is 1. The first-order valence-corrected chi connectivity index (χ1v) is 10.4. The van der Waals surface area contributed by atoms with Crippen molar-refractivity contribution in [2.75, 3.05) is 39.9 Å². The van der Waals surface area contributed by atoms with Crippen LogP contribution in [0.15, 0.2) is 48.5 Å². The van der Waals surface area contributed by atoms with Crippen molar-refractivity contribution in [1.82, 2.24) is 9.80 Å². The number of piperazine rings is 1. The highest BCUT2D eigenvalue weighted by atomic mass is 35.5. The van der Waals surface area contributed by atoms with Gasteiger partial charge in [0.15, 0.2) is 0 Å². The van der Waals surface area contributed by atoms with Crippen LogP contribution in [-0.2, 0) is 20.9 Å². The van der Waals surface area contributed by atoms with Crippen molar-refractivity contribution in [1.29, 1.82) is 0 Å². The summed E-state index contributed by atoms with van der Waals surface area (Å²) < 4.78 is 10.4. The van der Waals surface area contributed by atoms with Gasteiger partial charge in [0.2, 0.25) is 0 Å². The van der Waals surface area contributed by atoms with Gasteiger partial charge in [-0.05, 0) is 42.3 Å². The number of carbonyl (C=O) groups excluding carboxylic acids is 2. The maximum absolute atomic E-state index is 12.9. The molecule has 6 nitrogen and oxygen atoms in total. The number of benzene rings is 2. The first kappa shape index (κ1) is 22.3. The topological polar surface area (TPSA) is 59.1 Å². The Hall–Kier alpha value is -2.41. The van der Waals surface area contributed by atoms with Gasteiger partial charge >= 0.3 is 5.97 Å². The lowest BCUT2D eigenvalue weighted by atomic mass is 10.0. The quantitative estimate of drug-likeness (QED) is 0.629. The summed E-state index contributed by atoms with van der Waals surface area (Å²) in [5.74, 6) is -0.286. The van der Waals surface area contributed by atoms with Gasteiger partial charge in [-0.2, -0.15) is 0 Å². The maximum atomic E-state index is 12.9. The van der Waals surface area contributed by atoms with E-state index in [2.05, 4.69) is 4.90 Å². The van der Waals surface area contributed by atoms with Crippen molar-refractivity contribution < 1.29 is 19.1 Å². The number of halogens is 1. The number of methoxy groups -OCH3 is 1. The Morgan fingerprint density at radius 2 is 1.63 bits per heavy atom. The summed E-state index contributed by atoms with van der Waals surface area (Å²) in [6.07, 6.45) is 0. The van der Waals surface area contributed by atoms with E-state index in [0.717, 1.165) is 11.1 Å². The van der Waals surface area contributed by atoms with Crippen LogP contribution in [-0.4, -0.2) is 61.6 Å². The molecule has 30 heavy (non-hydrogen) atoms. The summed E-state index contributed by atoms with van der Waals surface area (Å²) in [4.78, 5) is 29.4. The molecule has 160 valence electrons. The normalized spacial score (nSPS) is 15.6. The van der Waals surface area contributed by atoms with Crippen molar-refractivity contribution in [2.45, 2.75) is 19.6 Å². The lowest BCUT2D eigenvalue weighted by Gasteiger charge is -2.38. The third kappa shape index (κ3) is 5.39. The zero-order valence-electron chi connectivity index (χ0n) is 17.3. The number of amides is 1. The highest BCUT2D eigenvalue weighted by molar-refractivity contribution is 6.30. The predicted octanol–water partition coefficient (Wildman–Crippen LogP) is 3.55. The van der Waals surface area contributed by atoms with E-state index in [0.29, 0.717) is 50.0 Å². The first-order chi connectivity index (χ1) is 14.5. The Kier molecular flexibility index (Phi) is 7.85. The molecule has 3 rings (SSSR count). The van der Waals surface area contributed by atoms with Gasteiger partial charge in [-0.25, -0.2) is 4.79 Å². The Morgan fingerprint density at radius 1 is 1.00 bits per heavy atom. The molecule has 1 atom stereocenters. The van der Waals surface area contributed by atoms with E-state index in [4.69, 9.17) is 21.1 Å². The van der Waals surface area contributed by atoms with E-state index in [-0.39, 0.29) is 11.9 Å². The number of ether oxygens (including phenoxy) is 2. The summed E-state index contributed by atoms with van der Waals surface area (Å²) in [6.45, 7) is 4.89. The van der Waals surface area contributed by atoms with E-state index in [1.807, 2.05) is 41.3 Å². The summed E-state index contributed by atoms with van der Waals surface area (Å²) >= 11 is 6.00. The molecular formula is C23H27ClN2O4. The van der Waals surface area contributed by atoms with Crippen LogP contribution in [0.1, 0.15) is 34.5 Å². The van der Waals surface area contributed by atoms with Crippen LogP contribution in [0, 0.1) is 0 Å². The van der Waals surface area contributed by atoms with E-state index in [1.54, 1.807) is 26.2 Å². The fourth-order valence-corrected chi connectivity index (χ4v) is 3.76. The second kappa shape index (κ2) is 10.6. The molecule has 2 aromatic carbocycles. The molecule has 0 spiro atoms.